The first-order valence-electron chi connectivity index (χ1n) is 5.37. The molecule has 0 heterocycles. The minimum atomic E-state index is -0.0876. The van der Waals surface area contributed by atoms with Crippen molar-refractivity contribution in [1.82, 2.24) is 5.32 Å². The second-order valence-electron chi connectivity index (χ2n) is 3.84. The van der Waals surface area contributed by atoms with Gasteiger partial charge in [-0.1, -0.05) is 50.4 Å². The highest BCUT2D eigenvalue weighted by atomic mass is 79.9. The molecule has 0 fully saturated rings. The van der Waals surface area contributed by atoms with E-state index in [2.05, 4.69) is 44.1 Å². The number of hydrogen-bond acceptors (Lipinski definition) is 1. The lowest BCUT2D eigenvalue weighted by Crippen LogP contribution is -2.24. The summed E-state index contributed by atoms with van der Waals surface area (Å²) in [5.41, 5.74) is 0.580. The second-order valence-corrected chi connectivity index (χ2v) is 6.75. The molecular formula is C12H14Br2ClNO. The van der Waals surface area contributed by atoms with E-state index in [1.54, 1.807) is 18.2 Å². The minimum absolute atomic E-state index is 0.0876. The molecule has 0 radical (unpaired) electrons. The molecule has 1 rings (SSSR count). The zero-order chi connectivity index (χ0) is 12.8. The van der Waals surface area contributed by atoms with Crippen LogP contribution in [0.5, 0.6) is 0 Å². The third-order valence-electron chi connectivity index (χ3n) is 2.19. The van der Waals surface area contributed by atoms with Crippen LogP contribution in [0.15, 0.2) is 22.7 Å². The number of hydrogen-bond donors (Lipinski definition) is 1. The average molecular weight is 384 g/mol. The van der Waals surface area contributed by atoms with Gasteiger partial charge in [0, 0.05) is 26.4 Å². The highest BCUT2D eigenvalue weighted by molar-refractivity contribution is 9.10. The van der Waals surface area contributed by atoms with Crippen molar-refractivity contribution < 1.29 is 4.79 Å². The van der Waals surface area contributed by atoms with E-state index in [4.69, 9.17) is 11.6 Å². The summed E-state index contributed by atoms with van der Waals surface area (Å²) in [6.07, 6.45) is 2.00. The molecule has 94 valence electrons. The van der Waals surface area contributed by atoms with E-state index in [1.165, 1.54) is 0 Å². The quantitative estimate of drug-likeness (QED) is 0.593. The fourth-order valence-corrected chi connectivity index (χ4v) is 2.56. The average Bonchev–Trinajstić information content (AvgIpc) is 2.22. The Morgan fingerprint density at radius 2 is 2.18 bits per heavy atom. The van der Waals surface area contributed by atoms with Crippen molar-refractivity contribution in [1.29, 1.82) is 0 Å². The van der Waals surface area contributed by atoms with E-state index in [1.807, 2.05) is 0 Å². The van der Waals surface area contributed by atoms with Crippen LogP contribution in [0.2, 0.25) is 5.02 Å². The normalized spacial score (nSPS) is 12.2. The summed E-state index contributed by atoms with van der Waals surface area (Å²) in [4.78, 5) is 12.3. The van der Waals surface area contributed by atoms with Crippen LogP contribution in [-0.2, 0) is 0 Å². The van der Waals surface area contributed by atoms with Crippen molar-refractivity contribution in [3.8, 4) is 0 Å². The van der Waals surface area contributed by atoms with Crippen molar-refractivity contribution in [2.24, 2.45) is 0 Å². The minimum Gasteiger partial charge on any atom is -0.352 e. The first kappa shape index (κ1) is 15.0. The first-order chi connectivity index (χ1) is 7.99. The summed E-state index contributed by atoms with van der Waals surface area (Å²) in [5, 5.41) is 3.42. The van der Waals surface area contributed by atoms with Crippen LogP contribution in [0.3, 0.4) is 0 Å². The lowest BCUT2D eigenvalue weighted by Gasteiger charge is -2.07. The van der Waals surface area contributed by atoms with E-state index in [0.717, 1.165) is 17.3 Å². The standard InChI is InChI=1S/C12H14Br2ClNO/c1-8(13)3-2-4-16-12(17)9-5-10(14)7-11(15)6-9/h5-8H,2-4H2,1H3,(H,16,17). The molecule has 1 unspecified atom stereocenters. The number of benzene rings is 1. The molecule has 0 saturated heterocycles. The largest absolute Gasteiger partial charge is 0.352 e. The van der Waals surface area contributed by atoms with Crippen LogP contribution in [0.25, 0.3) is 0 Å². The smallest absolute Gasteiger partial charge is 0.251 e. The molecule has 1 atom stereocenters. The third-order valence-corrected chi connectivity index (χ3v) is 3.32. The maximum Gasteiger partial charge on any atom is 0.251 e. The molecule has 0 aromatic heterocycles. The highest BCUT2D eigenvalue weighted by Gasteiger charge is 2.07. The monoisotopic (exact) mass is 381 g/mol. The Morgan fingerprint density at radius 1 is 1.47 bits per heavy atom. The number of halogens is 3. The van der Waals surface area contributed by atoms with Gasteiger partial charge >= 0.3 is 0 Å². The second kappa shape index (κ2) is 7.39. The Morgan fingerprint density at radius 3 is 2.76 bits per heavy atom. The molecule has 5 heteroatoms. The summed E-state index contributed by atoms with van der Waals surface area (Å²) in [6.45, 7) is 2.77. The van der Waals surface area contributed by atoms with Gasteiger partial charge in [-0.15, -0.1) is 0 Å². The van der Waals surface area contributed by atoms with Gasteiger partial charge in [0.1, 0.15) is 0 Å². The molecule has 2 nitrogen and oxygen atoms in total. The van der Waals surface area contributed by atoms with Crippen LogP contribution in [0, 0.1) is 0 Å². The maximum atomic E-state index is 11.8. The van der Waals surface area contributed by atoms with Gasteiger partial charge in [0.25, 0.3) is 5.91 Å². The zero-order valence-corrected chi connectivity index (χ0v) is 13.4. The molecular weight excluding hydrogens is 369 g/mol. The van der Waals surface area contributed by atoms with Gasteiger partial charge in [0.2, 0.25) is 0 Å². The van der Waals surface area contributed by atoms with E-state index in [-0.39, 0.29) is 5.91 Å². The van der Waals surface area contributed by atoms with E-state index < -0.39 is 0 Å². The van der Waals surface area contributed by atoms with E-state index in [9.17, 15) is 4.79 Å². The molecule has 0 aliphatic carbocycles. The van der Waals surface area contributed by atoms with Crippen LogP contribution in [-0.4, -0.2) is 17.3 Å². The fraction of sp³-hybridized carbons (Fsp3) is 0.417. The van der Waals surface area contributed by atoms with Gasteiger partial charge in [-0.25, -0.2) is 0 Å². The molecule has 1 aromatic rings. The fourth-order valence-electron chi connectivity index (χ4n) is 1.37. The zero-order valence-electron chi connectivity index (χ0n) is 9.47. The molecule has 0 saturated carbocycles. The summed E-state index contributed by atoms with van der Waals surface area (Å²) in [7, 11) is 0. The lowest BCUT2D eigenvalue weighted by molar-refractivity contribution is 0.0953. The summed E-state index contributed by atoms with van der Waals surface area (Å²) in [5.74, 6) is -0.0876. The summed E-state index contributed by atoms with van der Waals surface area (Å²) < 4.78 is 0.809. The molecule has 0 aliphatic rings. The number of amides is 1. The first-order valence-corrected chi connectivity index (χ1v) is 7.46. The molecule has 17 heavy (non-hydrogen) atoms. The SMILES string of the molecule is CC(Br)CCCNC(=O)c1cc(Cl)cc(Br)c1. The molecule has 1 amide bonds. The van der Waals surface area contributed by atoms with Crippen LogP contribution < -0.4 is 5.32 Å². The van der Waals surface area contributed by atoms with Crippen LogP contribution in [0.4, 0.5) is 0 Å². The van der Waals surface area contributed by atoms with Gasteiger partial charge in [-0.3, -0.25) is 4.79 Å². The van der Waals surface area contributed by atoms with Crippen molar-refractivity contribution in [3.63, 3.8) is 0 Å². The lowest BCUT2D eigenvalue weighted by atomic mass is 10.2. The molecule has 1 N–H and O–H groups in total. The van der Waals surface area contributed by atoms with Crippen molar-refractivity contribution in [3.05, 3.63) is 33.3 Å². The van der Waals surface area contributed by atoms with E-state index in [0.29, 0.717) is 22.0 Å². The number of nitrogens with one attached hydrogen (secondary N) is 1. The predicted octanol–water partition coefficient (Wildman–Crippen LogP) is 4.40. The van der Waals surface area contributed by atoms with Gasteiger partial charge in [-0.05, 0) is 31.0 Å². The van der Waals surface area contributed by atoms with Crippen molar-refractivity contribution >= 4 is 49.4 Å². The van der Waals surface area contributed by atoms with Gasteiger partial charge in [-0.2, -0.15) is 0 Å². The number of rotatable bonds is 5. The Bertz CT molecular complexity index is 376. The highest BCUT2D eigenvalue weighted by Crippen LogP contribution is 2.19. The van der Waals surface area contributed by atoms with Gasteiger partial charge in [0.05, 0.1) is 0 Å². The molecule has 0 bridgehead atoms. The summed E-state index contributed by atoms with van der Waals surface area (Å²) in [6, 6.07) is 5.17. The molecule has 1 aromatic carbocycles. The molecule has 0 aliphatic heterocycles. The Hall–Kier alpha value is -0.0600. The van der Waals surface area contributed by atoms with E-state index >= 15 is 0 Å². The van der Waals surface area contributed by atoms with Gasteiger partial charge < -0.3 is 5.32 Å². The number of carbonyl (C=O) groups is 1. The maximum absolute atomic E-state index is 11.8. The Kier molecular flexibility index (Phi) is 6.52. The number of carbonyl (C=O) groups excluding carboxylic acids is 1. The molecule has 0 spiro atoms. The topological polar surface area (TPSA) is 29.1 Å². The van der Waals surface area contributed by atoms with Crippen molar-refractivity contribution in [2.45, 2.75) is 24.6 Å². The van der Waals surface area contributed by atoms with Gasteiger partial charge in [0.15, 0.2) is 0 Å². The number of alkyl halides is 1. The third kappa shape index (κ3) is 5.89. The van der Waals surface area contributed by atoms with Crippen LogP contribution in [0.1, 0.15) is 30.1 Å². The van der Waals surface area contributed by atoms with Crippen LogP contribution >= 0.6 is 43.5 Å². The summed E-state index contributed by atoms with van der Waals surface area (Å²) >= 11 is 12.7. The van der Waals surface area contributed by atoms with Crippen molar-refractivity contribution in [2.75, 3.05) is 6.54 Å². The Labute approximate surface area is 123 Å². The predicted molar refractivity (Wildman–Crippen MR) is 79.1 cm³/mol. The Balaban J connectivity index is 2.47.